The Morgan fingerprint density at radius 1 is 1.28 bits per heavy atom. The highest BCUT2D eigenvalue weighted by molar-refractivity contribution is 5.75. The fourth-order valence-electron chi connectivity index (χ4n) is 5.29. The van der Waals surface area contributed by atoms with Gasteiger partial charge in [0.2, 0.25) is 0 Å². The Balaban J connectivity index is 2.29. The zero-order chi connectivity index (χ0) is 18.8. The predicted octanol–water partition coefficient (Wildman–Crippen LogP) is 2.51. The molecule has 2 aliphatic carbocycles. The molecule has 0 bridgehead atoms. The van der Waals surface area contributed by atoms with Crippen LogP contribution in [-0.4, -0.2) is 45.7 Å². The SMILES string of the molecule is C=C1C(O)CC2[C@](C)(CCC[C@]2(C)C(=O)O)C1CCC=C(CO)CO. The third-order valence-electron chi connectivity index (χ3n) is 6.89. The lowest BCUT2D eigenvalue weighted by Crippen LogP contribution is -2.56. The molecule has 4 N–H and O–H groups in total. The van der Waals surface area contributed by atoms with Crippen molar-refractivity contribution in [2.45, 2.75) is 58.5 Å². The second kappa shape index (κ2) is 7.60. The van der Waals surface area contributed by atoms with Crippen LogP contribution < -0.4 is 0 Å². The molecule has 3 unspecified atom stereocenters. The lowest BCUT2D eigenvalue weighted by Gasteiger charge is -2.58. The van der Waals surface area contributed by atoms with Gasteiger partial charge in [-0.15, -0.1) is 0 Å². The summed E-state index contributed by atoms with van der Waals surface area (Å²) in [4.78, 5) is 12.0. The molecule has 0 aromatic carbocycles. The van der Waals surface area contributed by atoms with Crippen molar-refractivity contribution in [2.75, 3.05) is 13.2 Å². The van der Waals surface area contributed by atoms with Crippen molar-refractivity contribution in [2.24, 2.45) is 22.7 Å². The van der Waals surface area contributed by atoms with Crippen LogP contribution in [0.5, 0.6) is 0 Å². The van der Waals surface area contributed by atoms with E-state index in [-0.39, 0.29) is 30.5 Å². The van der Waals surface area contributed by atoms with Crippen molar-refractivity contribution in [3.63, 3.8) is 0 Å². The predicted molar refractivity (Wildman–Crippen MR) is 95.9 cm³/mol. The number of carbonyl (C=O) groups is 1. The molecule has 25 heavy (non-hydrogen) atoms. The minimum Gasteiger partial charge on any atom is -0.481 e. The van der Waals surface area contributed by atoms with Gasteiger partial charge in [-0.25, -0.2) is 0 Å². The van der Waals surface area contributed by atoms with Gasteiger partial charge in [0, 0.05) is 0 Å². The molecule has 0 radical (unpaired) electrons. The maximum absolute atomic E-state index is 12.0. The van der Waals surface area contributed by atoms with E-state index in [2.05, 4.69) is 13.5 Å². The van der Waals surface area contributed by atoms with Crippen LogP contribution in [0.4, 0.5) is 0 Å². The Morgan fingerprint density at radius 3 is 2.48 bits per heavy atom. The highest BCUT2D eigenvalue weighted by Gasteiger charge is 2.58. The van der Waals surface area contributed by atoms with Crippen molar-refractivity contribution in [1.29, 1.82) is 0 Å². The summed E-state index contributed by atoms with van der Waals surface area (Å²) in [6.45, 7) is 7.78. The summed E-state index contributed by atoms with van der Waals surface area (Å²) in [5.74, 6) is -0.823. The normalized spacial score (nSPS) is 38.1. The molecule has 0 saturated heterocycles. The zero-order valence-corrected chi connectivity index (χ0v) is 15.4. The van der Waals surface area contributed by atoms with Gasteiger partial charge in [-0.1, -0.05) is 26.0 Å². The first-order chi connectivity index (χ1) is 11.7. The standard InChI is InChI=1S/C20H32O5/c1-13-15(7-4-6-14(11-21)12-22)19(2)8-5-9-20(3,18(24)25)17(19)10-16(13)23/h6,15-17,21-23H,1,4-5,7-12H2,2-3H3,(H,24,25)/t15?,16?,17?,19-,20+/m1/s1. The summed E-state index contributed by atoms with van der Waals surface area (Å²) in [7, 11) is 0. The van der Waals surface area contributed by atoms with Crippen molar-refractivity contribution in [1.82, 2.24) is 0 Å². The van der Waals surface area contributed by atoms with E-state index < -0.39 is 17.5 Å². The molecule has 142 valence electrons. The van der Waals surface area contributed by atoms with E-state index in [4.69, 9.17) is 0 Å². The van der Waals surface area contributed by atoms with E-state index in [9.17, 15) is 25.2 Å². The van der Waals surface area contributed by atoms with Gasteiger partial charge in [0.25, 0.3) is 0 Å². The maximum Gasteiger partial charge on any atom is 0.309 e. The van der Waals surface area contributed by atoms with E-state index in [1.54, 1.807) is 0 Å². The van der Waals surface area contributed by atoms with Gasteiger partial charge in [-0.2, -0.15) is 0 Å². The second-order valence-corrected chi connectivity index (χ2v) is 8.27. The molecule has 5 heteroatoms. The number of aliphatic hydroxyl groups is 3. The molecule has 5 nitrogen and oxygen atoms in total. The second-order valence-electron chi connectivity index (χ2n) is 8.27. The van der Waals surface area contributed by atoms with Gasteiger partial charge in [0.1, 0.15) is 0 Å². The smallest absolute Gasteiger partial charge is 0.309 e. The van der Waals surface area contributed by atoms with Crippen LogP contribution in [0.2, 0.25) is 0 Å². The molecule has 0 aromatic rings. The zero-order valence-electron chi connectivity index (χ0n) is 15.4. The van der Waals surface area contributed by atoms with Crippen LogP contribution >= 0.6 is 0 Å². The number of aliphatic carboxylic acids is 1. The highest BCUT2D eigenvalue weighted by atomic mass is 16.4. The number of allylic oxidation sites excluding steroid dienone is 1. The van der Waals surface area contributed by atoms with Gasteiger partial charge in [-0.3, -0.25) is 4.79 Å². The number of rotatable bonds is 6. The summed E-state index contributed by atoms with van der Waals surface area (Å²) in [6.07, 6.45) is 5.49. The molecular formula is C20H32O5. The minimum absolute atomic E-state index is 0.0371. The molecule has 0 aromatic heterocycles. The van der Waals surface area contributed by atoms with E-state index in [1.165, 1.54) is 0 Å². The Bertz CT molecular complexity index is 548. The third kappa shape index (κ3) is 3.55. The summed E-state index contributed by atoms with van der Waals surface area (Å²) < 4.78 is 0. The van der Waals surface area contributed by atoms with Gasteiger partial charge in [0.15, 0.2) is 0 Å². The number of hydrogen-bond acceptors (Lipinski definition) is 4. The molecule has 2 fully saturated rings. The van der Waals surface area contributed by atoms with Gasteiger partial charge in [0.05, 0.1) is 24.7 Å². The number of aliphatic hydroxyl groups excluding tert-OH is 3. The average molecular weight is 352 g/mol. The number of fused-ring (bicyclic) bond motifs is 1. The van der Waals surface area contributed by atoms with Gasteiger partial charge < -0.3 is 20.4 Å². The number of carboxylic acid groups (broad SMARTS) is 1. The first kappa shape index (κ1) is 20.1. The van der Waals surface area contributed by atoms with Crippen molar-refractivity contribution in [3.8, 4) is 0 Å². The maximum atomic E-state index is 12.0. The first-order valence-electron chi connectivity index (χ1n) is 9.20. The Labute approximate surface area is 150 Å². The summed E-state index contributed by atoms with van der Waals surface area (Å²) in [5.41, 5.74) is 0.372. The molecule has 2 saturated carbocycles. The minimum atomic E-state index is -0.815. The van der Waals surface area contributed by atoms with E-state index >= 15 is 0 Å². The Kier molecular flexibility index (Phi) is 6.13. The molecule has 0 spiro atoms. The molecule has 0 aliphatic heterocycles. The monoisotopic (exact) mass is 352 g/mol. The third-order valence-corrected chi connectivity index (χ3v) is 6.89. The van der Waals surface area contributed by atoms with E-state index in [0.717, 1.165) is 24.8 Å². The summed E-state index contributed by atoms with van der Waals surface area (Å²) >= 11 is 0. The van der Waals surface area contributed by atoms with Crippen molar-refractivity contribution in [3.05, 3.63) is 23.8 Å². The fourth-order valence-corrected chi connectivity index (χ4v) is 5.29. The van der Waals surface area contributed by atoms with Crippen LogP contribution in [0.25, 0.3) is 0 Å². The van der Waals surface area contributed by atoms with Crippen LogP contribution in [0, 0.1) is 22.7 Å². The summed E-state index contributed by atoms with van der Waals surface area (Å²) in [6, 6.07) is 0. The number of carboxylic acids is 1. The Hall–Kier alpha value is -1.17. The van der Waals surface area contributed by atoms with E-state index in [0.29, 0.717) is 24.8 Å². The lowest BCUT2D eigenvalue weighted by atomic mass is 9.46. The van der Waals surface area contributed by atoms with Crippen LogP contribution in [-0.2, 0) is 4.79 Å². The highest BCUT2D eigenvalue weighted by Crippen LogP contribution is 2.62. The molecule has 0 amide bonds. The largest absolute Gasteiger partial charge is 0.481 e. The molecule has 5 atom stereocenters. The average Bonchev–Trinajstić information content (AvgIpc) is 2.56. The quantitative estimate of drug-likeness (QED) is 0.551. The van der Waals surface area contributed by atoms with Crippen molar-refractivity contribution >= 4 is 5.97 Å². The van der Waals surface area contributed by atoms with Crippen molar-refractivity contribution < 1.29 is 25.2 Å². The molecule has 2 rings (SSSR count). The molecule has 2 aliphatic rings. The van der Waals surface area contributed by atoms with Crippen LogP contribution in [0.3, 0.4) is 0 Å². The molecule has 0 heterocycles. The Morgan fingerprint density at radius 2 is 1.92 bits per heavy atom. The number of hydrogen-bond donors (Lipinski definition) is 4. The topological polar surface area (TPSA) is 98.0 Å². The van der Waals surface area contributed by atoms with Gasteiger partial charge in [-0.05, 0) is 67.4 Å². The van der Waals surface area contributed by atoms with Crippen LogP contribution in [0.1, 0.15) is 52.4 Å². The summed E-state index contributed by atoms with van der Waals surface area (Å²) in [5, 5.41) is 38.7. The lowest BCUT2D eigenvalue weighted by molar-refractivity contribution is -0.167. The van der Waals surface area contributed by atoms with E-state index in [1.807, 2.05) is 13.0 Å². The molecular weight excluding hydrogens is 320 g/mol. The van der Waals surface area contributed by atoms with Crippen LogP contribution in [0.15, 0.2) is 23.8 Å². The first-order valence-corrected chi connectivity index (χ1v) is 9.20. The van der Waals surface area contributed by atoms with Gasteiger partial charge >= 0.3 is 5.97 Å². The fraction of sp³-hybridized carbons (Fsp3) is 0.750.